The predicted molar refractivity (Wildman–Crippen MR) is 57.3 cm³/mol. The van der Waals surface area contributed by atoms with Gasteiger partial charge in [0.25, 0.3) is 5.91 Å². The minimum atomic E-state index is -4.60. The Kier molecular flexibility index (Phi) is 2.94. The van der Waals surface area contributed by atoms with Gasteiger partial charge in [-0.3, -0.25) is 4.79 Å². The van der Waals surface area contributed by atoms with Crippen molar-refractivity contribution in [3.8, 4) is 0 Å². The highest BCUT2D eigenvalue weighted by molar-refractivity contribution is 6.31. The maximum Gasteiger partial charge on any atom is 0.416 e. The fourth-order valence-electron chi connectivity index (χ4n) is 1.55. The first kappa shape index (κ1) is 12.7. The van der Waals surface area contributed by atoms with Crippen molar-refractivity contribution in [3.05, 3.63) is 28.8 Å². The lowest BCUT2D eigenvalue weighted by Crippen LogP contribution is -2.30. The van der Waals surface area contributed by atoms with Crippen LogP contribution in [0.15, 0.2) is 18.2 Å². The van der Waals surface area contributed by atoms with Gasteiger partial charge in [0.2, 0.25) is 0 Å². The second-order valence-electron chi connectivity index (χ2n) is 3.58. The maximum atomic E-state index is 12.6. The van der Waals surface area contributed by atoms with Gasteiger partial charge in [0.15, 0.2) is 0 Å². The average molecular weight is 279 g/mol. The molecule has 18 heavy (non-hydrogen) atoms. The number of rotatable bonds is 1. The molecular formula is C10H6ClF3N2O2. The van der Waals surface area contributed by atoms with Crippen molar-refractivity contribution >= 4 is 29.2 Å². The summed E-state index contributed by atoms with van der Waals surface area (Å²) < 4.78 is 37.7. The summed E-state index contributed by atoms with van der Waals surface area (Å²) in [5.41, 5.74) is -1.22. The number of nitrogens with one attached hydrogen (secondary N) is 1. The molecule has 96 valence electrons. The second kappa shape index (κ2) is 4.16. The van der Waals surface area contributed by atoms with Crippen molar-refractivity contribution in [1.29, 1.82) is 0 Å². The number of benzene rings is 1. The van der Waals surface area contributed by atoms with Crippen molar-refractivity contribution in [2.75, 3.05) is 11.4 Å². The van der Waals surface area contributed by atoms with Crippen LogP contribution in [0.25, 0.3) is 0 Å². The van der Waals surface area contributed by atoms with Crippen LogP contribution in [0.1, 0.15) is 5.56 Å². The first-order valence-corrected chi connectivity index (χ1v) is 5.15. The zero-order chi connectivity index (χ0) is 13.5. The Balaban J connectivity index is 2.49. The number of nitrogens with zero attached hydrogens (tertiary/aromatic N) is 1. The maximum absolute atomic E-state index is 12.6. The quantitative estimate of drug-likeness (QED) is 0.802. The number of hydrogen-bond acceptors (Lipinski definition) is 2. The summed E-state index contributed by atoms with van der Waals surface area (Å²) >= 11 is 5.56. The van der Waals surface area contributed by atoms with Gasteiger partial charge in [0.1, 0.15) is 0 Å². The number of carbonyl (C=O) groups is 2. The molecule has 1 aromatic carbocycles. The van der Waals surface area contributed by atoms with Crippen LogP contribution in [-0.2, 0) is 11.0 Å². The largest absolute Gasteiger partial charge is 0.416 e. The zero-order valence-electron chi connectivity index (χ0n) is 8.71. The lowest BCUT2D eigenvalue weighted by Gasteiger charge is -2.15. The number of halogens is 4. The fourth-order valence-corrected chi connectivity index (χ4v) is 1.78. The third-order valence-corrected chi connectivity index (χ3v) is 2.53. The summed E-state index contributed by atoms with van der Waals surface area (Å²) in [4.78, 5) is 23.3. The number of amides is 3. The Morgan fingerprint density at radius 2 is 1.89 bits per heavy atom. The van der Waals surface area contributed by atoms with Crippen LogP contribution in [-0.4, -0.2) is 18.5 Å². The van der Waals surface area contributed by atoms with Gasteiger partial charge < -0.3 is 5.32 Å². The highest BCUT2D eigenvalue weighted by Crippen LogP contribution is 2.34. The summed E-state index contributed by atoms with van der Waals surface area (Å²) in [6, 6.07) is 1.79. The molecular weight excluding hydrogens is 273 g/mol. The van der Waals surface area contributed by atoms with Gasteiger partial charge in [-0.15, -0.1) is 0 Å². The SMILES string of the molecule is O=C1CNC(=O)N1c1cc(Cl)cc(C(F)(F)F)c1. The molecule has 0 bridgehead atoms. The van der Waals surface area contributed by atoms with E-state index in [9.17, 15) is 22.8 Å². The van der Waals surface area contributed by atoms with Crippen LogP contribution >= 0.6 is 11.6 Å². The highest BCUT2D eigenvalue weighted by Gasteiger charge is 2.35. The van der Waals surface area contributed by atoms with Crippen molar-refractivity contribution in [1.82, 2.24) is 5.32 Å². The van der Waals surface area contributed by atoms with Crippen LogP contribution in [0.4, 0.5) is 23.7 Å². The van der Waals surface area contributed by atoms with Crippen LogP contribution in [0.5, 0.6) is 0 Å². The monoisotopic (exact) mass is 278 g/mol. The third-order valence-electron chi connectivity index (χ3n) is 2.31. The molecule has 1 N–H and O–H groups in total. The van der Waals surface area contributed by atoms with E-state index in [4.69, 9.17) is 11.6 Å². The Labute approximate surface area is 104 Å². The van der Waals surface area contributed by atoms with Gasteiger partial charge in [0.05, 0.1) is 17.8 Å². The summed E-state index contributed by atoms with van der Waals surface area (Å²) in [6.45, 7) is -0.243. The number of anilines is 1. The smallest absolute Gasteiger partial charge is 0.328 e. The number of carbonyl (C=O) groups excluding carboxylic acids is 2. The molecule has 1 aliphatic heterocycles. The lowest BCUT2D eigenvalue weighted by atomic mass is 10.2. The number of urea groups is 1. The number of alkyl halides is 3. The molecule has 1 heterocycles. The molecule has 0 atom stereocenters. The van der Waals surface area contributed by atoms with Gasteiger partial charge in [0, 0.05) is 5.02 Å². The molecule has 0 aromatic heterocycles. The van der Waals surface area contributed by atoms with Gasteiger partial charge >= 0.3 is 12.2 Å². The van der Waals surface area contributed by atoms with Gasteiger partial charge in [-0.1, -0.05) is 11.6 Å². The van der Waals surface area contributed by atoms with Crippen LogP contribution in [0.3, 0.4) is 0 Å². The third kappa shape index (κ3) is 2.26. The van der Waals surface area contributed by atoms with E-state index in [2.05, 4.69) is 5.32 Å². The minimum absolute atomic E-state index is 0.199. The molecule has 3 amide bonds. The van der Waals surface area contributed by atoms with Crippen molar-refractivity contribution in [2.24, 2.45) is 0 Å². The van der Waals surface area contributed by atoms with Gasteiger partial charge in [-0.2, -0.15) is 13.2 Å². The molecule has 1 saturated heterocycles. The molecule has 0 spiro atoms. The standard InChI is InChI=1S/C10H6ClF3N2O2/c11-6-1-5(10(12,13)14)2-7(3-6)16-8(17)4-15-9(16)18/h1-3H,4H2,(H,15,18). The second-order valence-corrected chi connectivity index (χ2v) is 4.02. The van der Waals surface area contributed by atoms with E-state index in [0.717, 1.165) is 12.1 Å². The molecule has 1 aliphatic rings. The van der Waals surface area contributed by atoms with E-state index >= 15 is 0 Å². The lowest BCUT2D eigenvalue weighted by molar-refractivity contribution is -0.137. The van der Waals surface area contributed by atoms with Gasteiger partial charge in [-0.05, 0) is 18.2 Å². The predicted octanol–water partition coefficient (Wildman–Crippen LogP) is 2.42. The molecule has 0 radical (unpaired) electrons. The van der Waals surface area contributed by atoms with Crippen molar-refractivity contribution in [3.63, 3.8) is 0 Å². The summed E-state index contributed by atoms with van der Waals surface area (Å²) in [7, 11) is 0. The molecule has 0 saturated carbocycles. The average Bonchev–Trinajstić information content (AvgIpc) is 2.56. The molecule has 0 aliphatic carbocycles. The Morgan fingerprint density at radius 3 is 2.39 bits per heavy atom. The topological polar surface area (TPSA) is 49.4 Å². The normalized spacial score (nSPS) is 16.1. The van der Waals surface area contributed by atoms with Crippen molar-refractivity contribution in [2.45, 2.75) is 6.18 Å². The van der Waals surface area contributed by atoms with Crippen LogP contribution < -0.4 is 10.2 Å². The van der Waals surface area contributed by atoms with Crippen LogP contribution in [0.2, 0.25) is 5.02 Å². The zero-order valence-corrected chi connectivity index (χ0v) is 9.47. The highest BCUT2D eigenvalue weighted by atomic mass is 35.5. The summed E-state index contributed by atoms with van der Waals surface area (Å²) in [5, 5.41) is 2.01. The molecule has 8 heteroatoms. The Morgan fingerprint density at radius 1 is 1.22 bits per heavy atom. The number of hydrogen-bond donors (Lipinski definition) is 1. The van der Waals surface area contributed by atoms with E-state index in [1.807, 2.05) is 0 Å². The van der Waals surface area contributed by atoms with Gasteiger partial charge in [-0.25, -0.2) is 9.69 Å². The van der Waals surface area contributed by atoms with Crippen LogP contribution in [0, 0.1) is 0 Å². The van der Waals surface area contributed by atoms with E-state index in [1.54, 1.807) is 0 Å². The molecule has 1 fully saturated rings. The molecule has 0 unspecified atom stereocenters. The first-order chi connectivity index (χ1) is 8.29. The minimum Gasteiger partial charge on any atom is -0.328 e. The number of imide groups is 1. The Hall–Kier alpha value is -1.76. The van der Waals surface area contributed by atoms with Crippen molar-refractivity contribution < 1.29 is 22.8 Å². The fraction of sp³-hybridized carbons (Fsp3) is 0.200. The van der Waals surface area contributed by atoms with E-state index < -0.39 is 23.7 Å². The first-order valence-electron chi connectivity index (χ1n) is 4.77. The summed E-state index contributed by atoms with van der Waals surface area (Å²) in [6.07, 6.45) is -4.60. The van der Waals surface area contributed by atoms with E-state index in [1.165, 1.54) is 0 Å². The van der Waals surface area contributed by atoms with E-state index in [0.29, 0.717) is 11.0 Å². The molecule has 1 aromatic rings. The molecule has 2 rings (SSSR count). The Bertz CT molecular complexity index is 514. The molecule has 4 nitrogen and oxygen atoms in total. The summed E-state index contributed by atoms with van der Waals surface area (Å²) in [5.74, 6) is -0.629. The van der Waals surface area contributed by atoms with E-state index in [-0.39, 0.29) is 17.3 Å².